The van der Waals surface area contributed by atoms with Gasteiger partial charge in [-0.2, -0.15) is 5.26 Å². The Balaban J connectivity index is 4.28. The summed E-state index contributed by atoms with van der Waals surface area (Å²) in [7, 11) is -2.21. The third-order valence-corrected chi connectivity index (χ3v) is 5.27. The summed E-state index contributed by atoms with van der Waals surface area (Å²) in [5.41, 5.74) is -0.114. The van der Waals surface area contributed by atoms with E-state index in [0.29, 0.717) is 13.2 Å². The zero-order valence-corrected chi connectivity index (χ0v) is 9.26. The Hall–Kier alpha value is -0.373. The molecular formula is C8H17NO2Si. The zero-order chi connectivity index (χ0) is 9.61. The number of nitriles is 1. The molecule has 1 unspecified atom stereocenters. The first-order valence-corrected chi connectivity index (χ1v) is 6.67. The van der Waals surface area contributed by atoms with Crippen LogP contribution in [0.1, 0.15) is 20.8 Å². The molecule has 0 N–H and O–H groups in total. The van der Waals surface area contributed by atoms with Gasteiger partial charge in [-0.05, 0) is 27.3 Å². The second-order valence-corrected chi connectivity index (χ2v) is 6.21. The van der Waals surface area contributed by atoms with E-state index in [0.717, 1.165) is 0 Å². The minimum atomic E-state index is -2.21. The van der Waals surface area contributed by atoms with Gasteiger partial charge in [-0.1, -0.05) is 0 Å². The lowest BCUT2D eigenvalue weighted by Crippen LogP contribution is -2.42. The molecular weight excluding hydrogens is 170 g/mol. The van der Waals surface area contributed by atoms with Gasteiger partial charge in [-0.15, -0.1) is 0 Å². The lowest BCUT2D eigenvalue weighted by atomic mass is 10.5. The van der Waals surface area contributed by atoms with Crippen molar-refractivity contribution in [3.05, 3.63) is 0 Å². The molecule has 0 aromatic carbocycles. The van der Waals surface area contributed by atoms with Crippen LogP contribution in [0.15, 0.2) is 0 Å². The molecule has 0 spiro atoms. The fraction of sp³-hybridized carbons (Fsp3) is 0.875. The molecule has 0 heterocycles. The van der Waals surface area contributed by atoms with Gasteiger partial charge < -0.3 is 8.85 Å². The Morgan fingerprint density at radius 1 is 1.33 bits per heavy atom. The average molecular weight is 187 g/mol. The molecule has 0 saturated heterocycles. The van der Waals surface area contributed by atoms with Gasteiger partial charge in [-0.25, -0.2) is 0 Å². The third kappa shape index (κ3) is 2.93. The Labute approximate surface area is 75.5 Å². The summed E-state index contributed by atoms with van der Waals surface area (Å²) in [5, 5.41) is 8.75. The van der Waals surface area contributed by atoms with Gasteiger partial charge in [0.15, 0.2) is 0 Å². The average Bonchev–Trinajstić information content (AvgIpc) is 2.04. The summed E-state index contributed by atoms with van der Waals surface area (Å²) in [6.07, 6.45) is 0. The molecule has 0 aromatic rings. The van der Waals surface area contributed by atoms with E-state index in [9.17, 15) is 0 Å². The van der Waals surface area contributed by atoms with Crippen molar-refractivity contribution < 1.29 is 8.85 Å². The van der Waals surface area contributed by atoms with Gasteiger partial charge in [0, 0.05) is 13.2 Å². The Morgan fingerprint density at radius 3 is 2.00 bits per heavy atom. The van der Waals surface area contributed by atoms with E-state index >= 15 is 0 Å². The van der Waals surface area contributed by atoms with Crippen LogP contribution in [0.5, 0.6) is 0 Å². The Bertz CT molecular complexity index is 161. The molecule has 0 aromatic heterocycles. The van der Waals surface area contributed by atoms with Crippen molar-refractivity contribution in [2.75, 3.05) is 13.2 Å². The fourth-order valence-corrected chi connectivity index (χ4v) is 2.95. The molecule has 0 saturated carbocycles. The van der Waals surface area contributed by atoms with Crippen molar-refractivity contribution in [1.29, 1.82) is 5.26 Å². The first-order valence-electron chi connectivity index (χ1n) is 4.28. The maximum Gasteiger partial charge on any atom is 0.352 e. The van der Waals surface area contributed by atoms with E-state index in [-0.39, 0.29) is 5.54 Å². The van der Waals surface area contributed by atoms with Gasteiger partial charge >= 0.3 is 8.56 Å². The van der Waals surface area contributed by atoms with Gasteiger partial charge in [-0.3, -0.25) is 0 Å². The second-order valence-electron chi connectivity index (χ2n) is 2.73. The normalized spacial score (nSPS) is 13.9. The zero-order valence-electron chi connectivity index (χ0n) is 8.26. The van der Waals surface area contributed by atoms with Gasteiger partial charge in [0.1, 0.15) is 0 Å². The fourth-order valence-electron chi connectivity index (χ4n) is 0.982. The van der Waals surface area contributed by atoms with E-state index in [1.807, 2.05) is 27.3 Å². The molecule has 0 fully saturated rings. The molecule has 0 rings (SSSR count). The molecule has 0 aliphatic heterocycles. The van der Waals surface area contributed by atoms with Crippen molar-refractivity contribution in [3.8, 4) is 6.07 Å². The number of hydrogen-bond donors (Lipinski definition) is 0. The van der Waals surface area contributed by atoms with Crippen LogP contribution in [0.2, 0.25) is 12.1 Å². The first kappa shape index (κ1) is 11.6. The van der Waals surface area contributed by atoms with Gasteiger partial charge in [0.25, 0.3) is 0 Å². The van der Waals surface area contributed by atoms with Gasteiger partial charge in [0.05, 0.1) is 11.6 Å². The highest BCUT2D eigenvalue weighted by Crippen LogP contribution is 2.22. The summed E-state index contributed by atoms with van der Waals surface area (Å²) >= 11 is 0. The summed E-state index contributed by atoms with van der Waals surface area (Å²) in [6, 6.07) is 2.19. The predicted molar refractivity (Wildman–Crippen MR) is 49.9 cm³/mol. The summed E-state index contributed by atoms with van der Waals surface area (Å²) in [5.74, 6) is 0. The monoisotopic (exact) mass is 187 g/mol. The molecule has 4 heteroatoms. The topological polar surface area (TPSA) is 42.2 Å². The lowest BCUT2D eigenvalue weighted by Gasteiger charge is -2.27. The van der Waals surface area contributed by atoms with Gasteiger partial charge in [0.2, 0.25) is 0 Å². The first-order chi connectivity index (χ1) is 5.60. The quantitative estimate of drug-likeness (QED) is 0.619. The minimum Gasteiger partial charge on any atom is -0.394 e. The van der Waals surface area contributed by atoms with Crippen LogP contribution in [-0.4, -0.2) is 21.8 Å². The standard InChI is InChI=1S/C8H17NO2Si/c1-5-10-12(4,11-6-2)8(3)7-9/h8H,5-6H2,1-4H3. The summed E-state index contributed by atoms with van der Waals surface area (Å²) in [4.78, 5) is 0. The Morgan fingerprint density at radius 2 is 1.75 bits per heavy atom. The molecule has 12 heavy (non-hydrogen) atoms. The maximum absolute atomic E-state index is 8.75. The predicted octanol–water partition coefficient (Wildman–Crippen LogP) is 2.05. The van der Waals surface area contributed by atoms with E-state index in [2.05, 4.69) is 6.07 Å². The molecule has 0 amide bonds. The van der Waals surface area contributed by atoms with Crippen LogP contribution in [0, 0.1) is 11.3 Å². The van der Waals surface area contributed by atoms with E-state index in [4.69, 9.17) is 14.1 Å². The summed E-state index contributed by atoms with van der Waals surface area (Å²) < 4.78 is 11.0. The number of hydrogen-bond acceptors (Lipinski definition) is 3. The number of nitrogens with zero attached hydrogens (tertiary/aromatic N) is 1. The second kappa shape index (κ2) is 5.30. The summed E-state index contributed by atoms with van der Waals surface area (Å²) in [6.45, 7) is 8.89. The lowest BCUT2D eigenvalue weighted by molar-refractivity contribution is 0.185. The molecule has 0 bridgehead atoms. The van der Waals surface area contributed by atoms with Crippen molar-refractivity contribution in [3.63, 3.8) is 0 Å². The van der Waals surface area contributed by atoms with Crippen LogP contribution in [0.4, 0.5) is 0 Å². The van der Waals surface area contributed by atoms with Crippen molar-refractivity contribution >= 4 is 8.56 Å². The Kier molecular flexibility index (Phi) is 5.14. The maximum atomic E-state index is 8.75. The smallest absolute Gasteiger partial charge is 0.352 e. The minimum absolute atomic E-state index is 0.114. The van der Waals surface area contributed by atoms with Crippen LogP contribution in [0.3, 0.4) is 0 Å². The molecule has 0 aliphatic rings. The van der Waals surface area contributed by atoms with E-state index in [1.54, 1.807) is 0 Å². The highest BCUT2D eigenvalue weighted by molar-refractivity contribution is 6.68. The molecule has 70 valence electrons. The number of rotatable bonds is 5. The van der Waals surface area contributed by atoms with Crippen LogP contribution < -0.4 is 0 Å². The van der Waals surface area contributed by atoms with Crippen LogP contribution >= 0.6 is 0 Å². The highest BCUT2D eigenvalue weighted by Gasteiger charge is 2.38. The van der Waals surface area contributed by atoms with E-state index in [1.165, 1.54) is 0 Å². The van der Waals surface area contributed by atoms with Crippen molar-refractivity contribution in [1.82, 2.24) is 0 Å². The molecule has 1 atom stereocenters. The van der Waals surface area contributed by atoms with Crippen molar-refractivity contribution in [2.24, 2.45) is 0 Å². The van der Waals surface area contributed by atoms with E-state index < -0.39 is 8.56 Å². The van der Waals surface area contributed by atoms with Crippen LogP contribution in [0.25, 0.3) is 0 Å². The van der Waals surface area contributed by atoms with Crippen molar-refractivity contribution in [2.45, 2.75) is 32.9 Å². The molecule has 0 radical (unpaired) electrons. The molecule has 0 aliphatic carbocycles. The SMILES string of the molecule is CCO[Si](C)(OCC)C(C)C#N. The van der Waals surface area contributed by atoms with Crippen LogP contribution in [-0.2, 0) is 8.85 Å². The largest absolute Gasteiger partial charge is 0.394 e. The third-order valence-electron chi connectivity index (χ3n) is 1.84. The molecule has 3 nitrogen and oxygen atoms in total. The highest BCUT2D eigenvalue weighted by atomic mass is 28.4.